The van der Waals surface area contributed by atoms with E-state index in [1.54, 1.807) is 0 Å². The number of nitrogens with zero attached hydrogens (tertiary/aromatic N) is 1. The summed E-state index contributed by atoms with van der Waals surface area (Å²) in [7, 11) is 0. The van der Waals surface area contributed by atoms with Gasteiger partial charge in [-0.05, 0) is 45.7 Å². The number of anilines is 1. The van der Waals surface area contributed by atoms with Gasteiger partial charge in [0.15, 0.2) is 0 Å². The minimum atomic E-state index is -0.171. The summed E-state index contributed by atoms with van der Waals surface area (Å²) in [4.78, 5) is 4.84. The lowest BCUT2D eigenvalue weighted by Crippen LogP contribution is -2.39. The second-order valence-corrected chi connectivity index (χ2v) is 8.98. The third-order valence-corrected chi connectivity index (χ3v) is 5.11. The molecule has 0 bridgehead atoms. The van der Waals surface area contributed by atoms with Crippen LogP contribution in [0.5, 0.6) is 0 Å². The topological polar surface area (TPSA) is 50.9 Å². The van der Waals surface area contributed by atoms with Crippen molar-refractivity contribution in [1.29, 1.82) is 0 Å². The molecule has 0 aliphatic carbocycles. The van der Waals surface area contributed by atoms with E-state index in [0.29, 0.717) is 0 Å². The third-order valence-electron chi connectivity index (χ3n) is 5.11. The van der Waals surface area contributed by atoms with Gasteiger partial charge in [-0.15, -0.1) is 0 Å². The molecule has 0 saturated carbocycles. The minimum Gasteiger partial charge on any atom is -0.365 e. The predicted molar refractivity (Wildman–Crippen MR) is 116 cm³/mol. The number of pyridine rings is 1. The molecule has 3 heteroatoms. The highest BCUT2D eigenvalue weighted by atomic mass is 15.0. The number of hydrogen-bond acceptors (Lipinski definition) is 3. The first-order chi connectivity index (χ1) is 12.3. The molecule has 0 radical (unpaired) electrons. The Hall–Kier alpha value is -1.09. The summed E-state index contributed by atoms with van der Waals surface area (Å²) >= 11 is 0. The van der Waals surface area contributed by atoms with E-state index in [4.69, 9.17) is 10.7 Å². The molecule has 0 aromatic carbocycles. The van der Waals surface area contributed by atoms with Gasteiger partial charge in [0.1, 0.15) is 5.82 Å². The highest BCUT2D eigenvalue weighted by Gasteiger charge is 2.21. The Morgan fingerprint density at radius 1 is 0.885 bits per heavy atom. The van der Waals surface area contributed by atoms with E-state index in [-0.39, 0.29) is 11.1 Å². The summed E-state index contributed by atoms with van der Waals surface area (Å²) in [6.07, 6.45) is 13.4. The van der Waals surface area contributed by atoms with Crippen molar-refractivity contribution in [2.75, 3.05) is 5.32 Å². The van der Waals surface area contributed by atoms with Gasteiger partial charge in [0, 0.05) is 23.2 Å². The fourth-order valence-electron chi connectivity index (χ4n) is 3.51. The molecule has 0 saturated heterocycles. The van der Waals surface area contributed by atoms with Crippen molar-refractivity contribution in [3.8, 4) is 0 Å². The number of unbranched alkanes of at least 4 members (excludes halogenated alkanes) is 6. The summed E-state index contributed by atoms with van der Waals surface area (Å²) in [5.74, 6) is 0.977. The maximum absolute atomic E-state index is 6.51. The maximum atomic E-state index is 6.51. The summed E-state index contributed by atoms with van der Waals surface area (Å²) in [6.45, 7) is 11.2. The van der Waals surface area contributed by atoms with Crippen molar-refractivity contribution in [2.24, 2.45) is 5.73 Å². The standard InChI is InChI=1S/C23H43N3/c1-6-8-10-11-13-17-22(3,4)26-21-16-14-15-20(25-21)19-23(5,24)18-12-9-7-2/h14-16H,6-13,17-19,24H2,1-5H3,(H,25,26). The Balaban J connectivity index is 2.54. The average molecular weight is 362 g/mol. The van der Waals surface area contributed by atoms with E-state index >= 15 is 0 Å². The second-order valence-electron chi connectivity index (χ2n) is 8.98. The molecule has 0 spiro atoms. The minimum absolute atomic E-state index is 0.0744. The first kappa shape index (κ1) is 23.0. The van der Waals surface area contributed by atoms with Crippen LogP contribution in [0.25, 0.3) is 0 Å². The molecule has 1 aromatic heterocycles. The van der Waals surface area contributed by atoms with Gasteiger partial charge in [-0.25, -0.2) is 4.98 Å². The molecule has 0 aliphatic heterocycles. The largest absolute Gasteiger partial charge is 0.365 e. The first-order valence-electron chi connectivity index (χ1n) is 10.8. The van der Waals surface area contributed by atoms with Crippen LogP contribution in [0.3, 0.4) is 0 Å². The second kappa shape index (κ2) is 11.6. The van der Waals surface area contributed by atoms with Crippen molar-refractivity contribution < 1.29 is 0 Å². The molecule has 0 amide bonds. The van der Waals surface area contributed by atoms with E-state index in [1.165, 1.54) is 57.8 Å². The molecule has 1 rings (SSSR count). The Morgan fingerprint density at radius 2 is 1.50 bits per heavy atom. The normalized spacial score (nSPS) is 14.2. The highest BCUT2D eigenvalue weighted by Crippen LogP contribution is 2.22. The molecule has 150 valence electrons. The zero-order chi connectivity index (χ0) is 19.5. The summed E-state index contributed by atoms with van der Waals surface area (Å²) in [6, 6.07) is 6.28. The quantitative estimate of drug-likeness (QED) is 0.373. The molecule has 1 atom stereocenters. The smallest absolute Gasteiger partial charge is 0.126 e. The molecule has 26 heavy (non-hydrogen) atoms. The van der Waals surface area contributed by atoms with Crippen LogP contribution in [0.1, 0.15) is 105 Å². The zero-order valence-electron chi connectivity index (χ0n) is 18.0. The molecule has 0 aliphatic rings. The van der Waals surface area contributed by atoms with E-state index in [1.807, 2.05) is 0 Å². The fourth-order valence-corrected chi connectivity index (χ4v) is 3.51. The third kappa shape index (κ3) is 10.2. The van der Waals surface area contributed by atoms with Crippen LogP contribution in [0, 0.1) is 0 Å². The summed E-state index contributed by atoms with van der Waals surface area (Å²) in [5, 5.41) is 3.64. The predicted octanol–water partition coefficient (Wildman–Crippen LogP) is 6.47. The zero-order valence-corrected chi connectivity index (χ0v) is 18.0. The van der Waals surface area contributed by atoms with Crippen molar-refractivity contribution in [3.63, 3.8) is 0 Å². The lowest BCUT2D eigenvalue weighted by molar-refractivity contribution is 0.405. The molecule has 1 heterocycles. The molecule has 1 aromatic rings. The van der Waals surface area contributed by atoms with Crippen LogP contribution in [-0.4, -0.2) is 16.1 Å². The van der Waals surface area contributed by atoms with Gasteiger partial charge in [0.2, 0.25) is 0 Å². The van der Waals surface area contributed by atoms with E-state index in [9.17, 15) is 0 Å². The number of nitrogens with one attached hydrogen (secondary N) is 1. The van der Waals surface area contributed by atoms with Gasteiger partial charge < -0.3 is 11.1 Å². The van der Waals surface area contributed by atoms with Gasteiger partial charge in [0.05, 0.1) is 0 Å². The van der Waals surface area contributed by atoms with Crippen LogP contribution in [0.4, 0.5) is 5.82 Å². The Labute approximate surface area is 162 Å². The van der Waals surface area contributed by atoms with E-state index in [0.717, 1.165) is 24.4 Å². The maximum Gasteiger partial charge on any atom is 0.126 e. The molecule has 0 fully saturated rings. The van der Waals surface area contributed by atoms with Crippen LogP contribution < -0.4 is 11.1 Å². The van der Waals surface area contributed by atoms with Crippen molar-refractivity contribution in [1.82, 2.24) is 4.98 Å². The van der Waals surface area contributed by atoms with Gasteiger partial charge in [-0.3, -0.25) is 0 Å². The SMILES string of the molecule is CCCCCCCC(C)(C)Nc1cccc(CC(C)(N)CCCCC)n1. The van der Waals surface area contributed by atoms with Gasteiger partial charge in [-0.1, -0.05) is 71.3 Å². The summed E-state index contributed by atoms with van der Waals surface area (Å²) < 4.78 is 0. The summed E-state index contributed by atoms with van der Waals surface area (Å²) in [5.41, 5.74) is 7.51. The van der Waals surface area contributed by atoms with Crippen molar-refractivity contribution >= 4 is 5.82 Å². The van der Waals surface area contributed by atoms with Crippen LogP contribution in [0.2, 0.25) is 0 Å². The van der Waals surface area contributed by atoms with E-state index < -0.39 is 0 Å². The lowest BCUT2D eigenvalue weighted by atomic mass is 9.90. The monoisotopic (exact) mass is 361 g/mol. The van der Waals surface area contributed by atoms with Crippen LogP contribution >= 0.6 is 0 Å². The van der Waals surface area contributed by atoms with Crippen molar-refractivity contribution in [2.45, 2.75) is 116 Å². The Kier molecular flexibility index (Phi) is 10.2. The number of rotatable bonds is 14. The van der Waals surface area contributed by atoms with E-state index in [2.05, 4.69) is 58.1 Å². The van der Waals surface area contributed by atoms with Gasteiger partial charge in [0.25, 0.3) is 0 Å². The highest BCUT2D eigenvalue weighted by molar-refractivity contribution is 5.38. The molecular formula is C23H43N3. The van der Waals surface area contributed by atoms with Crippen LogP contribution in [0.15, 0.2) is 18.2 Å². The average Bonchev–Trinajstić information content (AvgIpc) is 2.54. The van der Waals surface area contributed by atoms with Gasteiger partial charge >= 0.3 is 0 Å². The fraction of sp³-hybridized carbons (Fsp3) is 0.783. The molecule has 3 nitrogen and oxygen atoms in total. The number of hydrogen-bond donors (Lipinski definition) is 2. The van der Waals surface area contributed by atoms with Crippen LogP contribution in [-0.2, 0) is 6.42 Å². The van der Waals surface area contributed by atoms with Crippen molar-refractivity contribution in [3.05, 3.63) is 23.9 Å². The molecular weight excluding hydrogens is 318 g/mol. The number of aromatic nitrogens is 1. The Bertz CT molecular complexity index is 494. The molecule has 3 N–H and O–H groups in total. The molecule has 1 unspecified atom stereocenters. The lowest BCUT2D eigenvalue weighted by Gasteiger charge is -2.28. The Morgan fingerprint density at radius 3 is 2.19 bits per heavy atom. The first-order valence-corrected chi connectivity index (χ1v) is 10.8. The van der Waals surface area contributed by atoms with Gasteiger partial charge in [-0.2, -0.15) is 0 Å². The number of nitrogens with two attached hydrogens (primary N) is 1.